The minimum absolute atomic E-state index is 0.0301. The number of hydrogen-bond acceptors (Lipinski definition) is 5. The van der Waals surface area contributed by atoms with E-state index in [0.717, 1.165) is 11.6 Å². The molecule has 0 saturated carbocycles. The van der Waals surface area contributed by atoms with Crippen molar-refractivity contribution < 1.29 is 33.6 Å². The Morgan fingerprint density at radius 2 is 1.84 bits per heavy atom. The maximum absolute atomic E-state index is 13.2. The molecule has 0 aliphatic rings. The normalized spacial score (nSPS) is 13.1. The fourth-order valence-corrected chi connectivity index (χ4v) is 2.06. The van der Waals surface area contributed by atoms with Crippen molar-refractivity contribution in [1.29, 1.82) is 0 Å². The van der Waals surface area contributed by atoms with Gasteiger partial charge in [0.05, 0.1) is 0 Å². The number of aliphatic hydroxyl groups is 2. The molecule has 0 aliphatic carbocycles. The number of nitrogens with one attached hydrogen (secondary N) is 1. The van der Waals surface area contributed by atoms with Crippen molar-refractivity contribution in [3.05, 3.63) is 65.2 Å². The van der Waals surface area contributed by atoms with Crippen LogP contribution in [0.4, 0.5) is 13.6 Å². The van der Waals surface area contributed by atoms with Crippen LogP contribution in [0.25, 0.3) is 0 Å². The lowest BCUT2D eigenvalue weighted by atomic mass is 10.0. The Hall–Kier alpha value is -2.71. The Balaban J connectivity index is 1.84. The Morgan fingerprint density at radius 3 is 2.48 bits per heavy atom. The quantitative estimate of drug-likeness (QED) is 0.637. The first kappa shape index (κ1) is 18.6. The van der Waals surface area contributed by atoms with E-state index < -0.39 is 42.2 Å². The summed E-state index contributed by atoms with van der Waals surface area (Å²) >= 11 is 0. The van der Waals surface area contributed by atoms with Crippen molar-refractivity contribution in [2.24, 2.45) is 0 Å². The third-order valence-electron chi connectivity index (χ3n) is 3.41. The molecule has 2 aromatic carbocycles. The van der Waals surface area contributed by atoms with E-state index in [1.807, 2.05) is 6.07 Å². The zero-order valence-electron chi connectivity index (χ0n) is 13.0. The SMILES string of the molecule is O=C(NCC(O)C(O)c1cc(O)c(F)c(F)c1)OCc1ccccc1. The molecule has 6 nitrogen and oxygen atoms in total. The fourth-order valence-electron chi connectivity index (χ4n) is 2.06. The lowest BCUT2D eigenvalue weighted by Gasteiger charge is -2.19. The number of aliphatic hydroxyl groups excluding tert-OH is 2. The van der Waals surface area contributed by atoms with Gasteiger partial charge in [-0.05, 0) is 23.3 Å². The number of aromatic hydroxyl groups is 1. The van der Waals surface area contributed by atoms with Gasteiger partial charge in [0.15, 0.2) is 17.4 Å². The van der Waals surface area contributed by atoms with Crippen molar-refractivity contribution in [3.8, 4) is 5.75 Å². The van der Waals surface area contributed by atoms with E-state index in [2.05, 4.69) is 5.32 Å². The molecule has 134 valence electrons. The molecule has 25 heavy (non-hydrogen) atoms. The highest BCUT2D eigenvalue weighted by molar-refractivity contribution is 5.67. The Bertz CT molecular complexity index is 703. The lowest BCUT2D eigenvalue weighted by molar-refractivity contribution is 0.0180. The van der Waals surface area contributed by atoms with Crippen LogP contribution in [-0.4, -0.2) is 34.1 Å². The van der Waals surface area contributed by atoms with Crippen LogP contribution in [0.1, 0.15) is 17.2 Å². The smallest absolute Gasteiger partial charge is 0.407 e. The summed E-state index contributed by atoms with van der Waals surface area (Å²) in [5.74, 6) is -3.80. The van der Waals surface area contributed by atoms with Gasteiger partial charge in [-0.1, -0.05) is 30.3 Å². The molecular weight excluding hydrogens is 336 g/mol. The van der Waals surface area contributed by atoms with E-state index in [9.17, 15) is 28.9 Å². The molecule has 0 radical (unpaired) electrons. The number of benzene rings is 2. The van der Waals surface area contributed by atoms with Gasteiger partial charge in [-0.2, -0.15) is 4.39 Å². The van der Waals surface area contributed by atoms with E-state index in [-0.39, 0.29) is 12.2 Å². The molecule has 2 rings (SSSR count). The molecule has 1 amide bonds. The van der Waals surface area contributed by atoms with E-state index in [1.54, 1.807) is 24.3 Å². The summed E-state index contributed by atoms with van der Waals surface area (Å²) < 4.78 is 31.2. The van der Waals surface area contributed by atoms with E-state index in [4.69, 9.17) is 4.74 Å². The van der Waals surface area contributed by atoms with E-state index >= 15 is 0 Å². The van der Waals surface area contributed by atoms with Gasteiger partial charge < -0.3 is 25.4 Å². The first-order chi connectivity index (χ1) is 11.9. The van der Waals surface area contributed by atoms with Crippen molar-refractivity contribution in [1.82, 2.24) is 5.32 Å². The molecule has 2 aromatic rings. The predicted molar refractivity (Wildman–Crippen MR) is 83.6 cm³/mol. The summed E-state index contributed by atoms with van der Waals surface area (Å²) in [6.07, 6.45) is -3.98. The highest BCUT2D eigenvalue weighted by Crippen LogP contribution is 2.26. The first-order valence-electron chi connectivity index (χ1n) is 7.37. The topological polar surface area (TPSA) is 99.0 Å². The molecule has 0 heterocycles. The second-order valence-corrected chi connectivity index (χ2v) is 5.29. The number of carbonyl (C=O) groups is 1. The second-order valence-electron chi connectivity index (χ2n) is 5.29. The lowest BCUT2D eigenvalue weighted by Crippen LogP contribution is -2.35. The second kappa shape index (κ2) is 8.41. The highest BCUT2D eigenvalue weighted by atomic mass is 19.2. The zero-order chi connectivity index (χ0) is 18.4. The van der Waals surface area contributed by atoms with Gasteiger partial charge in [0.2, 0.25) is 0 Å². The predicted octanol–water partition coefficient (Wildman–Crippen LogP) is 1.99. The third kappa shape index (κ3) is 5.13. The molecule has 8 heteroatoms. The summed E-state index contributed by atoms with van der Waals surface area (Å²) in [6.45, 7) is -0.364. The maximum Gasteiger partial charge on any atom is 0.407 e. The number of hydrogen-bond donors (Lipinski definition) is 4. The van der Waals surface area contributed by atoms with Crippen LogP contribution in [0.3, 0.4) is 0 Å². The van der Waals surface area contributed by atoms with Gasteiger partial charge in [0.25, 0.3) is 0 Å². The zero-order valence-corrected chi connectivity index (χ0v) is 13.0. The number of alkyl carbamates (subject to hydrolysis) is 1. The fraction of sp³-hybridized carbons (Fsp3) is 0.235. The number of ether oxygens (including phenoxy) is 1. The van der Waals surface area contributed by atoms with Gasteiger partial charge in [-0.15, -0.1) is 0 Å². The van der Waals surface area contributed by atoms with Crippen molar-refractivity contribution in [2.75, 3.05) is 6.54 Å². The van der Waals surface area contributed by atoms with Crippen LogP contribution in [0.15, 0.2) is 42.5 Å². The van der Waals surface area contributed by atoms with Crippen molar-refractivity contribution >= 4 is 6.09 Å². The van der Waals surface area contributed by atoms with Crippen LogP contribution in [-0.2, 0) is 11.3 Å². The van der Waals surface area contributed by atoms with Crippen molar-refractivity contribution in [2.45, 2.75) is 18.8 Å². The number of rotatable bonds is 6. The largest absolute Gasteiger partial charge is 0.505 e. The summed E-state index contributed by atoms with van der Waals surface area (Å²) in [7, 11) is 0. The van der Waals surface area contributed by atoms with Crippen LogP contribution in [0.5, 0.6) is 5.75 Å². The van der Waals surface area contributed by atoms with Crippen LogP contribution in [0, 0.1) is 11.6 Å². The minimum atomic E-state index is -1.64. The Labute approximate surface area is 142 Å². The molecule has 2 unspecified atom stereocenters. The molecule has 0 bridgehead atoms. The van der Waals surface area contributed by atoms with Crippen LogP contribution in [0.2, 0.25) is 0 Å². The molecule has 0 spiro atoms. The first-order valence-corrected chi connectivity index (χ1v) is 7.37. The third-order valence-corrected chi connectivity index (χ3v) is 3.41. The maximum atomic E-state index is 13.2. The van der Waals surface area contributed by atoms with Crippen LogP contribution >= 0.6 is 0 Å². The van der Waals surface area contributed by atoms with Gasteiger partial charge in [-0.3, -0.25) is 0 Å². The summed E-state index contributed by atoms with van der Waals surface area (Å²) in [4.78, 5) is 11.6. The minimum Gasteiger partial charge on any atom is -0.505 e. The molecule has 0 aliphatic heterocycles. The number of amides is 1. The molecule has 0 saturated heterocycles. The average Bonchev–Trinajstić information content (AvgIpc) is 2.62. The van der Waals surface area contributed by atoms with Crippen LogP contribution < -0.4 is 5.32 Å². The van der Waals surface area contributed by atoms with Crippen molar-refractivity contribution in [3.63, 3.8) is 0 Å². The Kier molecular flexibility index (Phi) is 6.26. The monoisotopic (exact) mass is 353 g/mol. The molecule has 4 N–H and O–H groups in total. The molecule has 0 aromatic heterocycles. The van der Waals surface area contributed by atoms with Gasteiger partial charge >= 0.3 is 6.09 Å². The highest BCUT2D eigenvalue weighted by Gasteiger charge is 2.22. The number of phenols is 1. The van der Waals surface area contributed by atoms with Gasteiger partial charge in [0.1, 0.15) is 18.8 Å². The number of halogens is 2. The summed E-state index contributed by atoms with van der Waals surface area (Å²) in [6, 6.07) is 10.4. The molecule has 0 fully saturated rings. The number of phenolic OH excluding ortho intramolecular Hbond substituents is 1. The molecular formula is C17H17F2NO5. The average molecular weight is 353 g/mol. The van der Waals surface area contributed by atoms with E-state index in [1.165, 1.54) is 0 Å². The summed E-state index contributed by atoms with van der Waals surface area (Å²) in [5, 5.41) is 31.2. The van der Waals surface area contributed by atoms with E-state index in [0.29, 0.717) is 6.07 Å². The number of carbonyl (C=O) groups excluding carboxylic acids is 1. The molecule has 2 atom stereocenters. The summed E-state index contributed by atoms with van der Waals surface area (Å²) in [5.41, 5.74) is 0.541. The van der Waals surface area contributed by atoms with Gasteiger partial charge in [0, 0.05) is 6.54 Å². The van der Waals surface area contributed by atoms with Gasteiger partial charge in [-0.25, -0.2) is 9.18 Å². The Morgan fingerprint density at radius 1 is 1.16 bits per heavy atom. The standard InChI is InChI=1S/C17H17F2NO5/c18-12-6-11(7-13(21)15(12)19)16(23)14(22)8-20-17(24)25-9-10-4-2-1-3-5-10/h1-7,14,16,21-23H,8-9H2,(H,20,24).